The van der Waals surface area contributed by atoms with Crippen LogP contribution in [-0.2, 0) is 68.0 Å². The summed E-state index contributed by atoms with van der Waals surface area (Å²) < 4.78 is 133. The van der Waals surface area contributed by atoms with E-state index in [9.17, 15) is 53.4 Å². The molecule has 16 heteroatoms. The fourth-order valence-electron chi connectivity index (χ4n) is 12.8. The topological polar surface area (TPSA) is 127 Å². The Morgan fingerprint density at radius 2 is 0.811 bits per heavy atom. The first kappa shape index (κ1) is 53.2. The van der Waals surface area contributed by atoms with E-state index in [1.54, 1.807) is 12.1 Å². The van der Waals surface area contributed by atoms with Gasteiger partial charge in [-0.15, -0.1) is 0 Å². The number of alkyl halides is 6. The maximum atomic E-state index is 12.9. The van der Waals surface area contributed by atoms with Gasteiger partial charge < -0.3 is 18.6 Å². The minimum Gasteiger partial charge on any atom is -0.385 e. The van der Waals surface area contributed by atoms with Crippen LogP contribution < -0.4 is 8.37 Å². The zero-order valence-corrected chi connectivity index (χ0v) is 42.1. The van der Waals surface area contributed by atoms with Gasteiger partial charge in [0.05, 0.1) is 11.2 Å². The second-order valence-electron chi connectivity index (χ2n) is 20.6. The van der Waals surface area contributed by atoms with Gasteiger partial charge in [-0.05, 0) is 171 Å². The molecule has 6 atom stereocenters. The summed E-state index contributed by atoms with van der Waals surface area (Å²) in [6.45, 7) is 0. The average molecular weight is 1060 g/mol. The summed E-state index contributed by atoms with van der Waals surface area (Å²) in [7, 11) is -11.5. The van der Waals surface area contributed by atoms with Gasteiger partial charge in [0.15, 0.2) is 0 Å². The third-order valence-electron chi connectivity index (χ3n) is 16.3. The maximum Gasteiger partial charge on any atom is 0.534 e. The summed E-state index contributed by atoms with van der Waals surface area (Å²) >= 11 is 0. The zero-order valence-electron chi connectivity index (χ0n) is 40.5. The van der Waals surface area contributed by atoms with Crippen LogP contribution in [0.25, 0.3) is 0 Å². The zero-order chi connectivity index (χ0) is 52.6. The number of halogens is 6. The van der Waals surface area contributed by atoms with Crippen LogP contribution in [0.1, 0.15) is 109 Å². The number of hydrogen-bond donors (Lipinski definition) is 2. The summed E-state index contributed by atoms with van der Waals surface area (Å²) in [6.07, 6.45) is 9.46. The number of hydrogen-bond acceptors (Lipinski definition) is 8. The van der Waals surface area contributed by atoms with Gasteiger partial charge in [-0.2, -0.15) is 43.2 Å². The molecule has 2 saturated carbocycles. The molecular weight excluding hydrogens is 1000 g/mol. The average Bonchev–Trinajstić information content (AvgIpc) is 3.61. The van der Waals surface area contributed by atoms with Crippen molar-refractivity contribution in [3.05, 3.63) is 202 Å². The van der Waals surface area contributed by atoms with E-state index in [-0.39, 0.29) is 34.2 Å². The molecule has 0 aromatic heterocycles. The van der Waals surface area contributed by atoms with E-state index < -0.39 is 42.5 Å². The Morgan fingerprint density at radius 3 is 1.15 bits per heavy atom. The van der Waals surface area contributed by atoms with Crippen LogP contribution in [0.15, 0.2) is 158 Å². The first-order chi connectivity index (χ1) is 35.0. The Morgan fingerprint density at radius 1 is 0.473 bits per heavy atom. The van der Waals surface area contributed by atoms with Gasteiger partial charge in [0, 0.05) is 10.8 Å². The summed E-state index contributed by atoms with van der Waals surface area (Å²) in [5, 5.41) is 23.5. The van der Waals surface area contributed by atoms with E-state index in [2.05, 4.69) is 32.6 Å². The molecule has 0 bridgehead atoms. The molecule has 74 heavy (non-hydrogen) atoms. The van der Waals surface area contributed by atoms with Crippen LogP contribution >= 0.6 is 0 Å². The lowest BCUT2D eigenvalue weighted by atomic mass is 9.55. The predicted octanol–water partition coefficient (Wildman–Crippen LogP) is 12.8. The van der Waals surface area contributed by atoms with E-state index in [1.165, 1.54) is 24.3 Å². The minimum atomic E-state index is -5.75. The monoisotopic (exact) mass is 1060 g/mol. The molecule has 0 radical (unpaired) electrons. The van der Waals surface area contributed by atoms with Crippen molar-refractivity contribution in [3.8, 4) is 11.5 Å². The molecule has 392 valence electrons. The highest BCUT2D eigenvalue weighted by atomic mass is 32.2. The van der Waals surface area contributed by atoms with Crippen LogP contribution in [0.5, 0.6) is 11.5 Å². The third-order valence-corrected chi connectivity index (χ3v) is 18.2. The molecule has 0 heterocycles. The van der Waals surface area contributed by atoms with Gasteiger partial charge in [-0.25, -0.2) is 0 Å². The van der Waals surface area contributed by atoms with Crippen molar-refractivity contribution in [3.63, 3.8) is 0 Å². The minimum absolute atomic E-state index is 0.124. The molecule has 0 spiro atoms. The lowest BCUT2D eigenvalue weighted by molar-refractivity contribution is -0.0527. The van der Waals surface area contributed by atoms with Crippen LogP contribution in [0.4, 0.5) is 26.3 Å². The van der Waals surface area contributed by atoms with Gasteiger partial charge in [0.25, 0.3) is 0 Å². The van der Waals surface area contributed by atoms with E-state index in [0.717, 1.165) is 83.0 Å². The molecule has 2 fully saturated rings. The van der Waals surface area contributed by atoms with Crippen LogP contribution in [0.2, 0.25) is 0 Å². The highest BCUT2D eigenvalue weighted by Crippen LogP contribution is 2.58. The van der Waals surface area contributed by atoms with Crippen LogP contribution in [0, 0.1) is 11.8 Å². The lowest BCUT2D eigenvalue weighted by Gasteiger charge is -2.50. The van der Waals surface area contributed by atoms with Gasteiger partial charge >= 0.3 is 31.3 Å². The van der Waals surface area contributed by atoms with Crippen molar-refractivity contribution >= 4 is 20.2 Å². The fourth-order valence-corrected chi connectivity index (χ4v) is 13.7. The van der Waals surface area contributed by atoms with E-state index in [4.69, 9.17) is 0 Å². The van der Waals surface area contributed by atoms with Crippen molar-refractivity contribution in [2.24, 2.45) is 11.8 Å². The van der Waals surface area contributed by atoms with Crippen molar-refractivity contribution in [2.45, 2.75) is 123 Å². The largest absolute Gasteiger partial charge is 0.534 e. The molecule has 0 saturated heterocycles. The van der Waals surface area contributed by atoms with E-state index >= 15 is 0 Å². The van der Waals surface area contributed by atoms with Crippen molar-refractivity contribution in [1.29, 1.82) is 0 Å². The number of aryl methyl sites for hydroxylation is 2. The highest BCUT2D eigenvalue weighted by molar-refractivity contribution is 7.88. The van der Waals surface area contributed by atoms with E-state index in [0.29, 0.717) is 51.4 Å². The van der Waals surface area contributed by atoms with Crippen molar-refractivity contribution < 1.29 is 61.8 Å². The first-order valence-electron chi connectivity index (χ1n) is 25.0. The Hall–Kier alpha value is -5.68. The van der Waals surface area contributed by atoms with Gasteiger partial charge in [-0.3, -0.25) is 0 Å². The number of rotatable bonds is 10. The Labute approximate surface area is 428 Å². The normalized spacial score (nSPS) is 26.0. The Bertz CT molecular complexity index is 2930. The molecule has 0 amide bonds. The summed E-state index contributed by atoms with van der Waals surface area (Å²) in [5.74, 6) is -0.417. The number of aliphatic hydroxyl groups is 2. The molecular formula is C58H58F6O8S2. The summed E-state index contributed by atoms with van der Waals surface area (Å²) in [4.78, 5) is 0. The van der Waals surface area contributed by atoms with Crippen molar-refractivity contribution in [2.75, 3.05) is 0 Å². The molecule has 8 nitrogen and oxygen atoms in total. The molecule has 6 aromatic rings. The quantitative estimate of drug-likeness (QED) is 0.0789. The molecule has 2 N–H and O–H groups in total. The van der Waals surface area contributed by atoms with E-state index in [1.807, 2.05) is 97.1 Å². The molecule has 0 aliphatic heterocycles. The molecule has 10 rings (SSSR count). The van der Waals surface area contributed by atoms with Gasteiger partial charge in [-0.1, -0.05) is 133 Å². The van der Waals surface area contributed by atoms with Crippen molar-refractivity contribution in [1.82, 2.24) is 0 Å². The second kappa shape index (κ2) is 20.5. The first-order valence-corrected chi connectivity index (χ1v) is 27.8. The fraction of sp³-hybridized carbons (Fsp3) is 0.379. The Kier molecular flexibility index (Phi) is 14.7. The second-order valence-corrected chi connectivity index (χ2v) is 23.7. The molecule has 4 aliphatic carbocycles. The SMILES string of the molecule is O=S(=O)(Oc1ccc2c(c1)CCC[C@@H]1CC(O)(c3ccccc3)CC[C@]21Cc1ccccc1)C(F)(F)F.O=S(=O)(Oc1ccc2c(c1)CCC[C@H]1CC(O)(c3ccccc3)CC[C@@]21Cc1ccccc1)C(F)(F)F. The lowest BCUT2D eigenvalue weighted by Crippen LogP contribution is -2.47. The molecule has 6 aromatic carbocycles. The Balaban J connectivity index is 0.000000182. The maximum absolute atomic E-state index is 12.9. The molecule has 2 unspecified atom stereocenters. The number of fused-ring (bicyclic) bond motifs is 6. The van der Waals surface area contributed by atoms with Gasteiger partial charge in [0.1, 0.15) is 11.5 Å². The van der Waals surface area contributed by atoms with Crippen LogP contribution in [0.3, 0.4) is 0 Å². The van der Waals surface area contributed by atoms with Crippen LogP contribution in [-0.4, -0.2) is 38.1 Å². The highest BCUT2D eigenvalue weighted by Gasteiger charge is 2.54. The smallest absolute Gasteiger partial charge is 0.385 e. The summed E-state index contributed by atoms with van der Waals surface area (Å²) in [6, 6.07) is 48.6. The van der Waals surface area contributed by atoms with Gasteiger partial charge in [0.2, 0.25) is 0 Å². The molecule has 4 aliphatic rings. The predicted molar refractivity (Wildman–Crippen MR) is 269 cm³/mol. The standard InChI is InChI=1S/2C29H29F3O4S/c2*30-29(31,32)37(34,35)36-25-14-15-26-22(18-25)10-7-13-24-20-28(33,23-11-5-2-6-12-23)17-16-27(24,26)19-21-8-3-1-4-9-21/h2*1-6,8-9,11-12,14-15,18,24,33H,7,10,13,16-17,19-20H2/t2*24-,27-,28?/m10/s1. The number of benzene rings is 6. The third kappa shape index (κ3) is 10.7. The summed E-state index contributed by atoms with van der Waals surface area (Å²) in [5.41, 5.74) is -5.91.